The number of pyridine rings is 1. The first-order valence-electron chi connectivity index (χ1n) is 17.1. The summed E-state index contributed by atoms with van der Waals surface area (Å²) in [5, 5.41) is 16.2. The van der Waals surface area contributed by atoms with Crippen LogP contribution >= 0.6 is 0 Å². The number of nitrogens with one attached hydrogen (secondary N) is 2. The topological polar surface area (TPSA) is 166 Å². The van der Waals surface area contributed by atoms with Crippen LogP contribution in [0, 0.1) is 11.3 Å². The van der Waals surface area contributed by atoms with Crippen molar-refractivity contribution in [2.45, 2.75) is 69.9 Å². The van der Waals surface area contributed by atoms with Gasteiger partial charge in [-0.05, 0) is 24.0 Å². The van der Waals surface area contributed by atoms with Crippen LogP contribution in [0.1, 0.15) is 40.0 Å². The van der Waals surface area contributed by atoms with E-state index in [9.17, 15) is 24.3 Å². The third kappa shape index (κ3) is 7.48. The molecule has 3 aromatic rings. The molecular weight excluding hydrogens is 656 g/mol. The van der Waals surface area contributed by atoms with Crippen molar-refractivity contribution in [2.24, 2.45) is 11.3 Å². The predicted octanol–water partition coefficient (Wildman–Crippen LogP) is 4.33. The smallest absolute Gasteiger partial charge is 0.408 e. The first-order valence-corrected chi connectivity index (χ1v) is 17.1. The molecule has 2 aliphatic heterocycles. The van der Waals surface area contributed by atoms with Crippen LogP contribution in [0.2, 0.25) is 0 Å². The number of aliphatic carboxylic acids is 1. The van der Waals surface area contributed by atoms with Gasteiger partial charge in [0.2, 0.25) is 11.8 Å². The fourth-order valence-corrected chi connectivity index (χ4v) is 6.75. The van der Waals surface area contributed by atoms with E-state index in [2.05, 4.69) is 17.2 Å². The number of fused-ring (bicyclic) bond motifs is 1. The Morgan fingerprint density at radius 2 is 1.88 bits per heavy atom. The van der Waals surface area contributed by atoms with E-state index in [1.54, 1.807) is 33.9 Å². The number of ether oxygens (including phenoxy) is 4. The van der Waals surface area contributed by atoms with Crippen molar-refractivity contribution in [1.82, 2.24) is 20.5 Å². The Hall–Kier alpha value is -5.17. The van der Waals surface area contributed by atoms with Gasteiger partial charge >= 0.3 is 12.1 Å². The monoisotopic (exact) mass is 700 g/mol. The second-order valence-corrected chi connectivity index (χ2v) is 14.4. The largest absolute Gasteiger partial charge is 0.497 e. The molecule has 2 saturated heterocycles. The molecule has 1 aromatic heterocycles. The average molecular weight is 701 g/mol. The number of methoxy groups -OCH3 is 1. The molecule has 3 aliphatic rings. The van der Waals surface area contributed by atoms with Gasteiger partial charge < -0.3 is 39.6 Å². The Balaban J connectivity index is 1.32. The Morgan fingerprint density at radius 3 is 2.51 bits per heavy atom. The van der Waals surface area contributed by atoms with Gasteiger partial charge in [-0.25, -0.2) is 14.6 Å². The number of rotatable bonds is 11. The van der Waals surface area contributed by atoms with Crippen molar-refractivity contribution in [3.8, 4) is 22.8 Å². The van der Waals surface area contributed by atoms with Crippen molar-refractivity contribution in [3.05, 3.63) is 67.3 Å². The molecule has 0 radical (unpaired) electrons. The lowest BCUT2D eigenvalue weighted by Gasteiger charge is -2.35. The predicted molar refractivity (Wildman–Crippen MR) is 187 cm³/mol. The average Bonchev–Trinajstić information content (AvgIpc) is 3.37. The highest BCUT2D eigenvalue weighted by Crippen LogP contribution is 2.45. The molecular formula is C38H44N4O9. The highest BCUT2D eigenvalue weighted by atomic mass is 16.6. The molecule has 1 unspecified atom stereocenters. The highest BCUT2D eigenvalue weighted by molar-refractivity contribution is 5.96. The zero-order valence-electron chi connectivity index (χ0n) is 29.2. The number of nitrogens with zero attached hydrogens (tertiary/aromatic N) is 2. The fourth-order valence-electron chi connectivity index (χ4n) is 6.75. The van der Waals surface area contributed by atoms with E-state index in [1.165, 1.54) is 11.0 Å². The van der Waals surface area contributed by atoms with Crippen molar-refractivity contribution < 1.29 is 43.2 Å². The number of likely N-dealkylation sites (tertiary alicyclic amines) is 1. The van der Waals surface area contributed by atoms with Gasteiger partial charge in [-0.1, -0.05) is 57.2 Å². The van der Waals surface area contributed by atoms with Gasteiger partial charge in [-0.15, -0.1) is 6.58 Å². The van der Waals surface area contributed by atoms with Gasteiger partial charge in [0.25, 0.3) is 0 Å². The summed E-state index contributed by atoms with van der Waals surface area (Å²) in [6, 6.07) is 14.7. The van der Waals surface area contributed by atoms with Gasteiger partial charge in [-0.3, -0.25) is 9.59 Å². The maximum Gasteiger partial charge on any atom is 0.408 e. The summed E-state index contributed by atoms with van der Waals surface area (Å²) in [5.74, 6) is -1.68. The van der Waals surface area contributed by atoms with Crippen molar-refractivity contribution >= 4 is 34.8 Å². The van der Waals surface area contributed by atoms with Crippen LogP contribution in [0.3, 0.4) is 0 Å². The van der Waals surface area contributed by atoms with Crippen LogP contribution in [0.15, 0.2) is 67.3 Å². The van der Waals surface area contributed by atoms with E-state index >= 15 is 0 Å². The number of hydrogen-bond acceptors (Lipinski definition) is 9. The molecule has 1 saturated carbocycles. The normalized spacial score (nSPS) is 24.7. The lowest BCUT2D eigenvalue weighted by atomic mass is 9.85. The molecule has 6 rings (SSSR count). The van der Waals surface area contributed by atoms with Crippen molar-refractivity contribution in [1.29, 1.82) is 0 Å². The molecule has 2 aromatic carbocycles. The zero-order chi connectivity index (χ0) is 36.5. The molecule has 3 amide bonds. The number of carbonyl (C=O) groups excluding carboxylic acids is 3. The number of carboxylic acids is 1. The van der Waals surface area contributed by atoms with Gasteiger partial charge in [0.1, 0.15) is 41.3 Å². The molecule has 13 heteroatoms. The molecule has 51 heavy (non-hydrogen) atoms. The van der Waals surface area contributed by atoms with E-state index < -0.39 is 65.0 Å². The first-order chi connectivity index (χ1) is 24.3. The molecule has 1 aliphatic carbocycles. The van der Waals surface area contributed by atoms with Crippen LogP contribution in [-0.4, -0.2) is 95.6 Å². The number of alkyl carbamates (subject to hydrolysis) is 1. The SMILES string of the molecule is C=C[C@H]1CC1(NC(=O)[C@@H]1C[C@@H](Oc2cc(-c3ccccc3)nc3cc(OC)ccc23)CN1C(=O)[C@@H](NC(=O)O[C@@H]1CCOC1)C(C)(C)C)C(=O)O. The molecule has 6 atom stereocenters. The molecule has 3 heterocycles. The molecule has 0 spiro atoms. The number of carbonyl (C=O) groups is 4. The number of amides is 3. The quantitative estimate of drug-likeness (QED) is 0.245. The maximum absolute atomic E-state index is 14.5. The number of aromatic nitrogens is 1. The van der Waals surface area contributed by atoms with E-state index in [1.807, 2.05) is 48.5 Å². The molecule has 270 valence electrons. The summed E-state index contributed by atoms with van der Waals surface area (Å²) in [4.78, 5) is 60.0. The summed E-state index contributed by atoms with van der Waals surface area (Å²) >= 11 is 0. The van der Waals surface area contributed by atoms with E-state index in [-0.39, 0.29) is 26.0 Å². The van der Waals surface area contributed by atoms with E-state index in [4.69, 9.17) is 23.9 Å². The first kappa shape index (κ1) is 35.6. The minimum atomic E-state index is -1.51. The Bertz CT molecular complexity index is 1820. The molecule has 13 nitrogen and oxygen atoms in total. The van der Waals surface area contributed by atoms with Crippen molar-refractivity contribution in [2.75, 3.05) is 26.9 Å². The van der Waals surface area contributed by atoms with Gasteiger partial charge in [0.05, 0.1) is 38.1 Å². The number of hydrogen-bond donors (Lipinski definition) is 3. The van der Waals surface area contributed by atoms with Gasteiger partial charge in [-0.2, -0.15) is 0 Å². The minimum absolute atomic E-state index is 0.0116. The number of carboxylic acid groups (broad SMARTS) is 1. The summed E-state index contributed by atoms with van der Waals surface area (Å²) in [5.41, 5.74) is -0.154. The zero-order valence-corrected chi connectivity index (χ0v) is 29.2. The summed E-state index contributed by atoms with van der Waals surface area (Å²) in [6.07, 6.45) is 0.433. The van der Waals surface area contributed by atoms with Gasteiger partial charge in [0.15, 0.2) is 0 Å². The minimum Gasteiger partial charge on any atom is -0.497 e. The summed E-state index contributed by atoms with van der Waals surface area (Å²) < 4.78 is 22.9. The second-order valence-electron chi connectivity index (χ2n) is 14.4. The molecule has 3 fully saturated rings. The van der Waals surface area contributed by atoms with E-state index in [0.717, 1.165) is 5.56 Å². The van der Waals surface area contributed by atoms with Crippen LogP contribution in [-0.2, 0) is 23.9 Å². The summed E-state index contributed by atoms with van der Waals surface area (Å²) in [7, 11) is 1.57. The maximum atomic E-state index is 14.5. The van der Waals surface area contributed by atoms with E-state index in [0.29, 0.717) is 41.1 Å². The van der Waals surface area contributed by atoms with Crippen LogP contribution in [0.25, 0.3) is 22.2 Å². The fraction of sp³-hybridized carbons (Fsp3) is 0.447. The number of benzene rings is 2. The second kappa shape index (κ2) is 14.2. The third-order valence-corrected chi connectivity index (χ3v) is 9.75. The van der Waals surface area contributed by atoms with Crippen LogP contribution in [0.4, 0.5) is 4.79 Å². The lowest BCUT2D eigenvalue weighted by Crippen LogP contribution is -2.59. The van der Waals surface area contributed by atoms with Crippen LogP contribution in [0.5, 0.6) is 11.5 Å². The molecule has 3 N–H and O–H groups in total. The Labute approximate surface area is 296 Å². The molecule has 0 bridgehead atoms. The van der Waals surface area contributed by atoms with Gasteiger partial charge in [0, 0.05) is 41.8 Å². The van der Waals surface area contributed by atoms with Crippen molar-refractivity contribution in [3.63, 3.8) is 0 Å². The Morgan fingerprint density at radius 1 is 1.12 bits per heavy atom. The third-order valence-electron chi connectivity index (χ3n) is 9.75. The highest BCUT2D eigenvalue weighted by Gasteiger charge is 2.61. The van der Waals surface area contributed by atoms with Crippen LogP contribution < -0.4 is 20.1 Å². The standard InChI is InChI=1S/C38H44N4O9/c1-6-23-19-38(23,35(45)46)41-33(43)30-17-26(20-42(30)34(44)32(37(2,3)4)40-36(47)51-25-14-15-49-21-25)50-31-18-28(22-10-8-7-9-11-22)39-29-16-24(48-5)12-13-27(29)31/h6-13,16,18,23,25-26,30,32H,1,14-15,17,19-21H2,2-5H3,(H,40,47)(H,41,43)(H,45,46)/t23-,25+,26+,30-,32+,38?/m0/s1. The summed E-state index contributed by atoms with van der Waals surface area (Å²) in [6.45, 7) is 9.85. The lowest BCUT2D eigenvalue weighted by molar-refractivity contribution is -0.146. The Kier molecular flexibility index (Phi) is 9.94.